The molecule has 7 heteroatoms. The molecule has 0 saturated carbocycles. The number of nitrogens with one attached hydrogen (secondary N) is 1. The molecule has 0 spiro atoms. The van der Waals surface area contributed by atoms with Crippen molar-refractivity contribution in [3.8, 4) is 5.75 Å². The number of hydrogen-bond acceptors (Lipinski definition) is 5. The SMILES string of the molecule is CCN(CC)C1=C(c2ccc(OC)cc2)C(=S)S(=O)(=O)N1. The van der Waals surface area contributed by atoms with Crippen LogP contribution in [-0.4, -0.2) is 37.7 Å². The lowest BCUT2D eigenvalue weighted by Gasteiger charge is -2.22. The van der Waals surface area contributed by atoms with Gasteiger partial charge in [0, 0.05) is 13.1 Å². The van der Waals surface area contributed by atoms with E-state index in [9.17, 15) is 8.42 Å². The van der Waals surface area contributed by atoms with Gasteiger partial charge in [0.25, 0.3) is 10.0 Å². The highest BCUT2D eigenvalue weighted by Gasteiger charge is 2.35. The van der Waals surface area contributed by atoms with Crippen LogP contribution in [0.1, 0.15) is 19.4 Å². The Morgan fingerprint density at radius 1 is 1.19 bits per heavy atom. The van der Waals surface area contributed by atoms with Gasteiger partial charge in [-0.3, -0.25) is 4.72 Å². The van der Waals surface area contributed by atoms with Gasteiger partial charge in [0.05, 0.1) is 12.7 Å². The second-order valence-electron chi connectivity index (χ2n) is 4.52. The van der Waals surface area contributed by atoms with E-state index in [2.05, 4.69) is 4.72 Å². The fourth-order valence-electron chi connectivity index (χ4n) is 2.23. The fourth-order valence-corrected chi connectivity index (χ4v) is 3.63. The number of benzene rings is 1. The number of hydrogen-bond donors (Lipinski definition) is 1. The maximum absolute atomic E-state index is 12.1. The smallest absolute Gasteiger partial charge is 0.274 e. The van der Waals surface area contributed by atoms with Crippen molar-refractivity contribution in [2.45, 2.75) is 13.8 Å². The van der Waals surface area contributed by atoms with Crippen LogP contribution in [-0.2, 0) is 10.0 Å². The van der Waals surface area contributed by atoms with Gasteiger partial charge < -0.3 is 9.64 Å². The molecule has 1 aromatic carbocycles. The number of ether oxygens (including phenoxy) is 1. The standard InChI is InChI=1S/C14H18N2O3S2/c1-4-16(5-2)13-12(14(20)21(17,18)15-13)10-6-8-11(19-3)9-7-10/h6-9,15H,4-5H2,1-3H3. The molecule has 1 heterocycles. The molecule has 0 radical (unpaired) electrons. The van der Waals surface area contributed by atoms with E-state index in [0.717, 1.165) is 5.56 Å². The summed E-state index contributed by atoms with van der Waals surface area (Å²) >= 11 is 5.15. The van der Waals surface area contributed by atoms with Crippen molar-refractivity contribution in [1.29, 1.82) is 0 Å². The predicted octanol–water partition coefficient (Wildman–Crippen LogP) is 1.97. The Morgan fingerprint density at radius 3 is 2.24 bits per heavy atom. The summed E-state index contributed by atoms with van der Waals surface area (Å²) in [6.45, 7) is 5.32. The normalized spacial score (nSPS) is 16.8. The predicted molar refractivity (Wildman–Crippen MR) is 87.5 cm³/mol. The fraction of sp³-hybridized carbons (Fsp3) is 0.357. The van der Waals surface area contributed by atoms with E-state index in [1.165, 1.54) is 0 Å². The van der Waals surface area contributed by atoms with Gasteiger partial charge in [-0.25, -0.2) is 8.42 Å². The van der Waals surface area contributed by atoms with Crippen molar-refractivity contribution < 1.29 is 13.2 Å². The molecule has 1 N–H and O–H groups in total. The first-order chi connectivity index (χ1) is 9.94. The largest absolute Gasteiger partial charge is 0.497 e. The molecule has 0 aliphatic carbocycles. The quantitative estimate of drug-likeness (QED) is 0.838. The van der Waals surface area contributed by atoms with Crippen molar-refractivity contribution in [2.24, 2.45) is 0 Å². The third kappa shape index (κ3) is 2.89. The van der Waals surface area contributed by atoms with E-state index in [0.29, 0.717) is 30.2 Å². The van der Waals surface area contributed by atoms with Gasteiger partial charge >= 0.3 is 0 Å². The van der Waals surface area contributed by atoms with Gasteiger partial charge in [0.1, 0.15) is 11.6 Å². The molecule has 1 aliphatic rings. The highest BCUT2D eigenvalue weighted by atomic mass is 32.2. The van der Waals surface area contributed by atoms with E-state index in [1.807, 2.05) is 30.9 Å². The molecule has 114 valence electrons. The Kier molecular flexibility index (Phi) is 4.53. The van der Waals surface area contributed by atoms with Gasteiger partial charge in [-0.1, -0.05) is 24.4 Å². The molecule has 2 rings (SSSR count). The summed E-state index contributed by atoms with van der Waals surface area (Å²) < 4.78 is 31.8. The van der Waals surface area contributed by atoms with Gasteiger partial charge in [0.15, 0.2) is 4.20 Å². The first-order valence-corrected chi connectivity index (χ1v) is 8.54. The minimum atomic E-state index is -3.62. The summed E-state index contributed by atoms with van der Waals surface area (Å²) in [5, 5.41) is 0. The molecule has 5 nitrogen and oxygen atoms in total. The molecule has 0 unspecified atom stereocenters. The summed E-state index contributed by atoms with van der Waals surface area (Å²) in [5.74, 6) is 1.26. The molecule has 0 atom stereocenters. The van der Waals surface area contributed by atoms with E-state index < -0.39 is 10.0 Å². The average Bonchev–Trinajstić information content (AvgIpc) is 2.71. The van der Waals surface area contributed by atoms with Crippen LogP contribution < -0.4 is 9.46 Å². The van der Waals surface area contributed by atoms with Crippen LogP contribution in [0.5, 0.6) is 5.75 Å². The lowest BCUT2D eigenvalue weighted by Crippen LogP contribution is -2.31. The molecular formula is C14H18N2O3S2. The van der Waals surface area contributed by atoms with Crippen molar-refractivity contribution >= 4 is 32.0 Å². The zero-order chi connectivity index (χ0) is 15.6. The number of sulfonamides is 1. The Bertz CT molecular complexity index is 675. The van der Waals surface area contributed by atoms with Crippen LogP contribution >= 0.6 is 12.2 Å². The summed E-state index contributed by atoms with van der Waals surface area (Å²) in [6.07, 6.45) is 0. The second kappa shape index (κ2) is 6.03. The molecule has 0 aromatic heterocycles. The molecule has 1 aliphatic heterocycles. The highest BCUT2D eigenvalue weighted by molar-refractivity contribution is 8.18. The molecule has 0 fully saturated rings. The summed E-state index contributed by atoms with van der Waals surface area (Å²) in [4.78, 5) is 1.94. The zero-order valence-electron chi connectivity index (χ0n) is 12.2. The zero-order valence-corrected chi connectivity index (χ0v) is 13.8. The van der Waals surface area contributed by atoms with Crippen LogP contribution in [0.15, 0.2) is 30.1 Å². The van der Waals surface area contributed by atoms with Crippen LogP contribution in [0.3, 0.4) is 0 Å². The van der Waals surface area contributed by atoms with Gasteiger partial charge in [-0.15, -0.1) is 0 Å². The number of rotatable bonds is 5. The Labute approximate surface area is 130 Å². The molecule has 21 heavy (non-hydrogen) atoms. The van der Waals surface area contributed by atoms with Crippen molar-refractivity contribution in [3.05, 3.63) is 35.6 Å². The lowest BCUT2D eigenvalue weighted by molar-refractivity contribution is 0.372. The van der Waals surface area contributed by atoms with Crippen LogP contribution in [0.25, 0.3) is 5.57 Å². The molecule has 1 aromatic rings. The Balaban J connectivity index is 2.56. The summed E-state index contributed by atoms with van der Waals surface area (Å²) in [7, 11) is -2.03. The monoisotopic (exact) mass is 326 g/mol. The average molecular weight is 326 g/mol. The maximum atomic E-state index is 12.1. The van der Waals surface area contributed by atoms with E-state index in [-0.39, 0.29) is 4.20 Å². The van der Waals surface area contributed by atoms with Crippen molar-refractivity contribution in [2.75, 3.05) is 20.2 Å². The summed E-state index contributed by atoms with van der Waals surface area (Å²) in [5.41, 5.74) is 1.31. The minimum Gasteiger partial charge on any atom is -0.497 e. The van der Waals surface area contributed by atoms with Crippen LogP contribution in [0.4, 0.5) is 0 Å². The molecule has 0 bridgehead atoms. The highest BCUT2D eigenvalue weighted by Crippen LogP contribution is 2.30. The van der Waals surface area contributed by atoms with Crippen molar-refractivity contribution in [1.82, 2.24) is 9.62 Å². The Morgan fingerprint density at radius 2 is 1.76 bits per heavy atom. The second-order valence-corrected chi connectivity index (χ2v) is 6.80. The topological polar surface area (TPSA) is 58.6 Å². The summed E-state index contributed by atoms with van der Waals surface area (Å²) in [6, 6.07) is 7.20. The third-order valence-electron chi connectivity index (χ3n) is 3.37. The molecule has 0 saturated heterocycles. The van der Waals surface area contributed by atoms with Gasteiger partial charge in [0.2, 0.25) is 0 Å². The van der Waals surface area contributed by atoms with Crippen LogP contribution in [0, 0.1) is 0 Å². The van der Waals surface area contributed by atoms with E-state index in [4.69, 9.17) is 17.0 Å². The lowest BCUT2D eigenvalue weighted by atomic mass is 10.1. The van der Waals surface area contributed by atoms with Crippen LogP contribution in [0.2, 0.25) is 0 Å². The van der Waals surface area contributed by atoms with Gasteiger partial charge in [-0.05, 0) is 31.5 Å². The van der Waals surface area contributed by atoms with Crippen molar-refractivity contribution in [3.63, 3.8) is 0 Å². The number of nitrogens with zero attached hydrogens (tertiary/aromatic N) is 1. The molecule has 0 amide bonds. The van der Waals surface area contributed by atoms with E-state index in [1.54, 1.807) is 19.2 Å². The maximum Gasteiger partial charge on any atom is 0.274 e. The van der Waals surface area contributed by atoms with Gasteiger partial charge in [-0.2, -0.15) is 0 Å². The number of thiocarbonyl (C=S) groups is 1. The van der Waals surface area contributed by atoms with E-state index >= 15 is 0 Å². The molecular weight excluding hydrogens is 308 g/mol. The Hall–Kier alpha value is -1.60. The number of methoxy groups -OCH3 is 1. The minimum absolute atomic E-state index is 0.0606. The first-order valence-electron chi connectivity index (χ1n) is 6.65. The third-order valence-corrected chi connectivity index (χ3v) is 5.39. The first kappa shape index (κ1) is 15.8.